The van der Waals surface area contributed by atoms with Gasteiger partial charge in [0, 0.05) is 22.7 Å². The highest BCUT2D eigenvalue weighted by Gasteiger charge is 2.13. The molecule has 0 spiro atoms. The van der Waals surface area contributed by atoms with Crippen LogP contribution in [-0.4, -0.2) is 48.7 Å². The van der Waals surface area contributed by atoms with Crippen molar-refractivity contribution in [2.45, 2.75) is 26.5 Å². The number of hydroxylamine groups is 1. The third kappa shape index (κ3) is 4.86. The van der Waals surface area contributed by atoms with Crippen molar-refractivity contribution in [2.24, 2.45) is 0 Å². The summed E-state index contributed by atoms with van der Waals surface area (Å²) in [7, 11) is 0. The molecule has 3 aromatic heterocycles. The Hall–Kier alpha value is -4.21. The third-order valence-corrected chi connectivity index (χ3v) is 5.62. The van der Waals surface area contributed by atoms with E-state index in [4.69, 9.17) is 9.82 Å². The molecule has 0 saturated carbocycles. The van der Waals surface area contributed by atoms with Gasteiger partial charge in [-0.05, 0) is 67.4 Å². The molecule has 9 nitrogen and oxygen atoms in total. The maximum Gasteiger partial charge on any atom is 0.275 e. The third-order valence-electron chi connectivity index (χ3n) is 5.62. The Bertz CT molecular complexity index is 1530. The Morgan fingerprint density at radius 3 is 2.80 bits per heavy atom. The van der Waals surface area contributed by atoms with Gasteiger partial charge < -0.3 is 5.11 Å². The zero-order chi connectivity index (χ0) is 24.4. The molecule has 5 rings (SSSR count). The molecular formula is C26H24N6O3. The zero-order valence-corrected chi connectivity index (χ0v) is 19.3. The number of benzene rings is 2. The van der Waals surface area contributed by atoms with Crippen molar-refractivity contribution in [1.29, 1.82) is 0 Å². The monoisotopic (exact) mass is 468 g/mol. The molecule has 0 saturated heterocycles. The number of fused-ring (bicyclic) bond motifs is 2. The molecule has 1 amide bonds. The zero-order valence-electron chi connectivity index (χ0n) is 19.3. The van der Waals surface area contributed by atoms with Gasteiger partial charge in [-0.2, -0.15) is 0 Å². The van der Waals surface area contributed by atoms with Gasteiger partial charge in [0.05, 0.1) is 23.9 Å². The van der Waals surface area contributed by atoms with Crippen molar-refractivity contribution in [3.05, 3.63) is 83.6 Å². The lowest BCUT2D eigenvalue weighted by Gasteiger charge is -2.10. The minimum Gasteiger partial charge on any atom is -0.391 e. The molecule has 0 unspecified atom stereocenters. The topological polar surface area (TPSA) is 115 Å². The maximum absolute atomic E-state index is 12.4. The number of amides is 1. The first-order valence-electron chi connectivity index (χ1n) is 11.2. The number of hydrogen-bond acceptors (Lipinski definition) is 7. The fraction of sp³-hybridized carbons (Fsp3) is 0.192. The van der Waals surface area contributed by atoms with Crippen molar-refractivity contribution < 1.29 is 14.7 Å². The maximum atomic E-state index is 12.4. The fourth-order valence-electron chi connectivity index (χ4n) is 3.88. The van der Waals surface area contributed by atoms with Gasteiger partial charge in [0.15, 0.2) is 5.65 Å². The van der Waals surface area contributed by atoms with Crippen molar-refractivity contribution in [3.63, 3.8) is 0 Å². The predicted octanol–water partition coefficient (Wildman–Crippen LogP) is 3.44. The Kier molecular flexibility index (Phi) is 6.17. The van der Waals surface area contributed by atoms with E-state index in [1.54, 1.807) is 23.9 Å². The smallest absolute Gasteiger partial charge is 0.275 e. The van der Waals surface area contributed by atoms with E-state index in [0.717, 1.165) is 33.3 Å². The first-order valence-corrected chi connectivity index (χ1v) is 11.2. The molecule has 176 valence electrons. The summed E-state index contributed by atoms with van der Waals surface area (Å²) in [5.74, 6) is -0.369. The average molecular weight is 469 g/mol. The number of aliphatic hydroxyl groups excluding tert-OH is 1. The quantitative estimate of drug-likeness (QED) is 0.352. The number of aliphatic hydroxyl groups is 1. The largest absolute Gasteiger partial charge is 0.391 e. The van der Waals surface area contributed by atoms with Gasteiger partial charge >= 0.3 is 0 Å². The molecule has 0 bridgehead atoms. The Labute approximate surface area is 201 Å². The lowest BCUT2D eigenvalue weighted by atomic mass is 10.0. The highest BCUT2D eigenvalue weighted by atomic mass is 16.7. The summed E-state index contributed by atoms with van der Waals surface area (Å²) in [6.07, 6.45) is 1.12. The van der Waals surface area contributed by atoms with Crippen LogP contribution in [0.15, 0.2) is 66.9 Å². The number of rotatable bonds is 7. The van der Waals surface area contributed by atoms with Gasteiger partial charge in [0.2, 0.25) is 0 Å². The number of nitrogens with one attached hydrogen (secondary N) is 1. The van der Waals surface area contributed by atoms with Gasteiger partial charge in [-0.1, -0.05) is 23.4 Å². The SMILES string of the molecule is Cc1cc(-c2ccc3nnn(Cc4ccc5ncccc5c4)c3n2)ccc1C(=O)NOC[C@H](C)O. The van der Waals surface area contributed by atoms with Gasteiger partial charge in [-0.15, -0.1) is 5.10 Å². The molecule has 0 radical (unpaired) electrons. The molecule has 0 aliphatic heterocycles. The summed E-state index contributed by atoms with van der Waals surface area (Å²) in [6, 6.07) is 19.3. The average Bonchev–Trinajstić information content (AvgIpc) is 3.25. The number of nitrogens with zero attached hydrogens (tertiary/aromatic N) is 5. The van der Waals surface area contributed by atoms with Crippen LogP contribution < -0.4 is 5.48 Å². The summed E-state index contributed by atoms with van der Waals surface area (Å²) >= 11 is 0. The van der Waals surface area contributed by atoms with E-state index >= 15 is 0 Å². The molecule has 35 heavy (non-hydrogen) atoms. The van der Waals surface area contributed by atoms with Crippen LogP contribution in [-0.2, 0) is 11.4 Å². The van der Waals surface area contributed by atoms with Crippen molar-refractivity contribution in [1.82, 2.24) is 30.4 Å². The number of hydrogen-bond donors (Lipinski definition) is 2. The lowest BCUT2D eigenvalue weighted by Crippen LogP contribution is -2.27. The van der Waals surface area contributed by atoms with Crippen molar-refractivity contribution in [3.8, 4) is 11.3 Å². The number of aromatic nitrogens is 5. The molecule has 2 aromatic carbocycles. The van der Waals surface area contributed by atoms with E-state index in [0.29, 0.717) is 23.3 Å². The number of carbonyl (C=O) groups is 1. The number of aryl methyl sites for hydroxylation is 1. The van der Waals surface area contributed by atoms with Crippen LogP contribution in [0.4, 0.5) is 0 Å². The van der Waals surface area contributed by atoms with E-state index in [1.807, 2.05) is 55.5 Å². The van der Waals surface area contributed by atoms with Gasteiger partial charge in [0.25, 0.3) is 5.91 Å². The van der Waals surface area contributed by atoms with E-state index in [1.165, 1.54) is 0 Å². The van der Waals surface area contributed by atoms with E-state index < -0.39 is 6.10 Å². The first kappa shape index (κ1) is 22.6. The minimum atomic E-state index is -0.666. The molecule has 9 heteroatoms. The minimum absolute atomic E-state index is 0.0185. The molecule has 5 aromatic rings. The second-order valence-corrected chi connectivity index (χ2v) is 8.44. The highest BCUT2D eigenvalue weighted by molar-refractivity contribution is 5.95. The van der Waals surface area contributed by atoms with Crippen LogP contribution >= 0.6 is 0 Å². The van der Waals surface area contributed by atoms with E-state index in [-0.39, 0.29) is 12.5 Å². The molecule has 1 atom stereocenters. The van der Waals surface area contributed by atoms with Crippen LogP contribution in [0, 0.1) is 6.92 Å². The highest BCUT2D eigenvalue weighted by Crippen LogP contribution is 2.23. The summed E-state index contributed by atoms with van der Waals surface area (Å²) < 4.78 is 1.78. The van der Waals surface area contributed by atoms with Crippen molar-refractivity contribution in [2.75, 3.05) is 6.61 Å². The van der Waals surface area contributed by atoms with Crippen LogP contribution in [0.25, 0.3) is 33.3 Å². The summed E-state index contributed by atoms with van der Waals surface area (Å²) in [5.41, 5.74) is 8.65. The predicted molar refractivity (Wildman–Crippen MR) is 131 cm³/mol. The second-order valence-electron chi connectivity index (χ2n) is 8.44. The van der Waals surface area contributed by atoms with Crippen LogP contribution in [0.2, 0.25) is 0 Å². The lowest BCUT2D eigenvalue weighted by molar-refractivity contribution is -0.00690. The van der Waals surface area contributed by atoms with Gasteiger partial charge in [-0.3, -0.25) is 14.6 Å². The molecular weight excluding hydrogens is 444 g/mol. The standard InChI is InChI=1S/C26H24N6O3/c1-16-12-20(6-7-21(16)26(34)30-35-15-17(2)33)23-9-10-24-25(28-23)32(31-29-24)14-18-5-8-22-19(13-18)4-3-11-27-22/h3-13,17,33H,14-15H2,1-2H3,(H,30,34)/t17-/m0/s1. The number of carbonyl (C=O) groups excluding carboxylic acids is 1. The Morgan fingerprint density at radius 2 is 1.97 bits per heavy atom. The molecule has 0 aliphatic carbocycles. The van der Waals surface area contributed by atoms with Crippen LogP contribution in [0.5, 0.6) is 0 Å². The Balaban J connectivity index is 1.40. The molecule has 2 N–H and O–H groups in total. The van der Waals surface area contributed by atoms with Crippen LogP contribution in [0.3, 0.4) is 0 Å². The first-order chi connectivity index (χ1) is 17.0. The van der Waals surface area contributed by atoms with Gasteiger partial charge in [0.1, 0.15) is 12.1 Å². The summed E-state index contributed by atoms with van der Waals surface area (Å²) in [5, 5.41) is 18.9. The fourth-order valence-corrected chi connectivity index (χ4v) is 3.88. The van der Waals surface area contributed by atoms with Crippen molar-refractivity contribution >= 4 is 28.0 Å². The Morgan fingerprint density at radius 1 is 1.11 bits per heavy atom. The number of pyridine rings is 2. The van der Waals surface area contributed by atoms with Gasteiger partial charge in [-0.25, -0.2) is 15.1 Å². The molecule has 0 aliphatic rings. The normalized spacial score (nSPS) is 12.2. The second kappa shape index (κ2) is 9.57. The summed E-state index contributed by atoms with van der Waals surface area (Å²) in [4.78, 5) is 26.6. The van der Waals surface area contributed by atoms with Crippen LogP contribution in [0.1, 0.15) is 28.4 Å². The van der Waals surface area contributed by atoms with E-state index in [9.17, 15) is 9.90 Å². The summed E-state index contributed by atoms with van der Waals surface area (Å²) in [6.45, 7) is 3.98. The molecule has 0 fully saturated rings. The van der Waals surface area contributed by atoms with E-state index in [2.05, 4.69) is 26.8 Å². The molecule has 3 heterocycles.